The second-order valence-electron chi connectivity index (χ2n) is 16.5. The lowest BCUT2D eigenvalue weighted by Crippen LogP contribution is -2.30. The first kappa shape index (κ1) is 30.5. The molecule has 0 radical (unpaired) electrons. The first-order valence-corrected chi connectivity index (χ1v) is 20.6. The third-order valence-corrected chi connectivity index (χ3v) is 13.7. The molecule has 1 atom stereocenters. The summed E-state index contributed by atoms with van der Waals surface area (Å²) in [5, 5.41) is 18.9. The molecule has 59 heavy (non-hydrogen) atoms. The number of allylic oxidation sites excluding steroid dienone is 1. The molecule has 1 unspecified atom stereocenters. The number of hydrogen-bond acceptors (Lipinski definition) is 3. The molecule has 5 heterocycles. The van der Waals surface area contributed by atoms with Crippen LogP contribution in [-0.4, -0.2) is 14.8 Å². The number of fused-ring (bicyclic) bond motifs is 13. The van der Waals surface area contributed by atoms with E-state index in [1.807, 2.05) is 0 Å². The Labute approximate surface area is 336 Å². The first-order valence-electron chi connectivity index (χ1n) is 20.6. The average Bonchev–Trinajstić information content (AvgIpc) is 3.93. The van der Waals surface area contributed by atoms with Crippen molar-refractivity contribution in [2.45, 2.75) is 18.9 Å². The highest BCUT2D eigenvalue weighted by atomic mass is 16.3. The van der Waals surface area contributed by atoms with Crippen molar-refractivity contribution in [2.24, 2.45) is 4.99 Å². The molecule has 15 rings (SSSR count). The topological polar surface area (TPSA) is 46.9 Å². The number of rotatable bonds is 1. The molecule has 1 N–H and O–H groups in total. The Morgan fingerprint density at radius 1 is 0.559 bits per heavy atom. The fourth-order valence-electron chi connectivity index (χ4n) is 11.4. The van der Waals surface area contributed by atoms with Crippen LogP contribution < -0.4 is 5.32 Å². The zero-order valence-electron chi connectivity index (χ0n) is 31.8. The van der Waals surface area contributed by atoms with Crippen LogP contribution in [0.25, 0.3) is 109 Å². The number of para-hydroxylation sites is 1. The van der Waals surface area contributed by atoms with Crippen molar-refractivity contribution in [1.29, 1.82) is 0 Å². The summed E-state index contributed by atoms with van der Waals surface area (Å²) < 4.78 is 11.7. The summed E-state index contributed by atoms with van der Waals surface area (Å²) in [4.78, 5) is 5.98. The summed E-state index contributed by atoms with van der Waals surface area (Å²) in [6.07, 6.45) is 6.69. The first-order chi connectivity index (χ1) is 29.3. The highest BCUT2D eigenvalue weighted by Crippen LogP contribution is 2.52. The number of benzene rings is 9. The maximum atomic E-state index is 6.75. The third-order valence-electron chi connectivity index (χ3n) is 13.7. The Morgan fingerprint density at radius 2 is 1.27 bits per heavy atom. The van der Waals surface area contributed by atoms with Crippen molar-refractivity contribution >= 4 is 127 Å². The number of aromatic nitrogens is 2. The molecule has 0 fully saturated rings. The third kappa shape index (κ3) is 3.66. The Kier molecular flexibility index (Phi) is 5.51. The van der Waals surface area contributed by atoms with E-state index in [4.69, 9.17) is 9.41 Å². The van der Waals surface area contributed by atoms with Crippen molar-refractivity contribution in [2.75, 3.05) is 5.32 Å². The second kappa shape index (κ2) is 10.6. The number of anilines is 1. The van der Waals surface area contributed by atoms with Gasteiger partial charge in [0.05, 0.1) is 44.3 Å². The lowest BCUT2D eigenvalue weighted by molar-refractivity contribution is 0.669. The van der Waals surface area contributed by atoms with E-state index in [0.717, 1.165) is 52.3 Å². The number of nitrogens with zero attached hydrogens (tertiary/aromatic N) is 3. The van der Waals surface area contributed by atoms with Gasteiger partial charge in [0.25, 0.3) is 0 Å². The molecule has 1 aliphatic carbocycles. The second-order valence-corrected chi connectivity index (χ2v) is 16.5. The van der Waals surface area contributed by atoms with Gasteiger partial charge < -0.3 is 14.1 Å². The smallest absolute Gasteiger partial charge is 0.141 e. The Hall–Kier alpha value is -7.63. The molecule has 0 amide bonds. The standard InChI is InChI=1S/C54H32N4O/c1-2-13-30-29(12-1)28-39(34-17-4-3-14-31(30)34)52-54(56-51-37-20-8-6-16-33(37)32-15-5-7-19-36(32)50(51)55-52)58-42-23-11-22-41-46(42)47-43(58)25-27-44-48(47)49-45(59-44)26-24-38-35-18-9-10-21-40(35)57(41)53(38)49/h1-4,6-14,16-28,52,55H,5,15H2. The summed E-state index contributed by atoms with van der Waals surface area (Å²) in [5.74, 6) is 0.954. The lowest BCUT2D eigenvalue weighted by atomic mass is 9.87. The van der Waals surface area contributed by atoms with Crippen LogP contribution >= 0.6 is 0 Å². The zero-order valence-corrected chi connectivity index (χ0v) is 31.8. The molecule has 0 bridgehead atoms. The lowest BCUT2D eigenvalue weighted by Gasteiger charge is -2.33. The van der Waals surface area contributed by atoms with E-state index in [0.29, 0.717) is 0 Å². The molecule has 0 saturated heterocycles. The van der Waals surface area contributed by atoms with Crippen molar-refractivity contribution in [3.63, 3.8) is 0 Å². The summed E-state index contributed by atoms with van der Waals surface area (Å²) in [6, 6.07) is 53.1. The number of aliphatic imine (C=N–C) groups is 1. The molecule has 9 aromatic carbocycles. The Bertz CT molecular complexity index is 4060. The Morgan fingerprint density at radius 3 is 2.19 bits per heavy atom. The molecular weight excluding hydrogens is 721 g/mol. The van der Waals surface area contributed by atoms with Gasteiger partial charge in [0.15, 0.2) is 0 Å². The average molecular weight is 753 g/mol. The molecule has 274 valence electrons. The fourth-order valence-corrected chi connectivity index (χ4v) is 11.4. The van der Waals surface area contributed by atoms with Gasteiger partial charge in [-0.25, -0.2) is 4.99 Å². The van der Waals surface area contributed by atoms with Crippen molar-refractivity contribution < 1.29 is 4.42 Å². The van der Waals surface area contributed by atoms with Crippen LogP contribution in [0.15, 0.2) is 161 Å². The molecule has 5 nitrogen and oxygen atoms in total. The molecule has 2 aliphatic rings. The van der Waals surface area contributed by atoms with Crippen LogP contribution in [0, 0.1) is 0 Å². The predicted octanol–water partition coefficient (Wildman–Crippen LogP) is 14.3. The number of hydrogen-bond donors (Lipinski definition) is 1. The molecule has 0 saturated carbocycles. The SMILES string of the molecule is C1=Cc2c3c(c4ccccc4c2CC1)N=C(n1c2ccc4oc5ccc6c7ccccc7n7c8cccc1c8c2c4c5c67)C(c1cc2ccccc2c2ccccc12)N3. The summed E-state index contributed by atoms with van der Waals surface area (Å²) in [5.41, 5.74) is 13.6. The van der Waals surface area contributed by atoms with E-state index in [1.54, 1.807) is 0 Å². The van der Waals surface area contributed by atoms with Gasteiger partial charge in [-0.15, -0.1) is 0 Å². The van der Waals surface area contributed by atoms with Gasteiger partial charge in [-0.05, 0) is 99.4 Å². The fraction of sp³-hybridized carbons (Fsp3) is 0.0556. The predicted molar refractivity (Wildman–Crippen MR) is 247 cm³/mol. The van der Waals surface area contributed by atoms with Crippen molar-refractivity contribution in [1.82, 2.24) is 8.97 Å². The van der Waals surface area contributed by atoms with Crippen LogP contribution in [0.5, 0.6) is 0 Å². The molecule has 0 spiro atoms. The molecular formula is C54H32N4O. The van der Waals surface area contributed by atoms with Gasteiger partial charge in [0.1, 0.15) is 23.0 Å². The van der Waals surface area contributed by atoms with Crippen molar-refractivity contribution in [3.05, 3.63) is 168 Å². The minimum Gasteiger partial charge on any atom is -0.456 e. The van der Waals surface area contributed by atoms with E-state index in [-0.39, 0.29) is 6.04 Å². The summed E-state index contributed by atoms with van der Waals surface area (Å²) in [7, 11) is 0. The van der Waals surface area contributed by atoms with Gasteiger partial charge in [-0.3, -0.25) is 4.57 Å². The maximum Gasteiger partial charge on any atom is 0.141 e. The number of aryl methyl sites for hydroxylation is 1. The van der Waals surface area contributed by atoms with Gasteiger partial charge in [0, 0.05) is 37.9 Å². The van der Waals surface area contributed by atoms with Gasteiger partial charge in [0.2, 0.25) is 0 Å². The summed E-state index contributed by atoms with van der Waals surface area (Å²) >= 11 is 0. The van der Waals surface area contributed by atoms with E-state index in [2.05, 4.69) is 172 Å². The quantitative estimate of drug-likeness (QED) is 0.170. The highest BCUT2D eigenvalue weighted by Gasteiger charge is 2.35. The van der Waals surface area contributed by atoms with Crippen LogP contribution in [0.4, 0.5) is 11.4 Å². The van der Waals surface area contributed by atoms with E-state index in [9.17, 15) is 0 Å². The zero-order chi connectivity index (χ0) is 38.1. The maximum absolute atomic E-state index is 6.75. The van der Waals surface area contributed by atoms with Crippen molar-refractivity contribution in [3.8, 4) is 0 Å². The summed E-state index contributed by atoms with van der Waals surface area (Å²) in [6.45, 7) is 0. The number of nitrogens with one attached hydrogen (secondary N) is 1. The van der Waals surface area contributed by atoms with Gasteiger partial charge in [-0.2, -0.15) is 0 Å². The monoisotopic (exact) mass is 752 g/mol. The molecule has 1 aliphatic heterocycles. The van der Waals surface area contributed by atoms with Crippen LogP contribution in [0.2, 0.25) is 0 Å². The van der Waals surface area contributed by atoms with E-state index in [1.165, 1.54) is 97.9 Å². The van der Waals surface area contributed by atoms with Gasteiger partial charge >= 0.3 is 0 Å². The van der Waals surface area contributed by atoms with Crippen LogP contribution in [-0.2, 0) is 6.42 Å². The largest absolute Gasteiger partial charge is 0.456 e. The normalized spacial score (nSPS) is 15.7. The Balaban J connectivity index is 1.15. The van der Waals surface area contributed by atoms with E-state index < -0.39 is 0 Å². The number of furan rings is 1. The van der Waals surface area contributed by atoms with Crippen LogP contribution in [0.1, 0.15) is 29.2 Å². The minimum absolute atomic E-state index is 0.283. The molecule has 13 aromatic rings. The van der Waals surface area contributed by atoms with Gasteiger partial charge in [-0.1, -0.05) is 109 Å². The van der Waals surface area contributed by atoms with E-state index >= 15 is 0 Å². The molecule has 4 aromatic heterocycles. The minimum atomic E-state index is -0.283. The van der Waals surface area contributed by atoms with Crippen LogP contribution in [0.3, 0.4) is 0 Å². The highest BCUT2D eigenvalue weighted by molar-refractivity contribution is 6.38. The molecule has 5 heteroatoms.